The summed E-state index contributed by atoms with van der Waals surface area (Å²) in [6.07, 6.45) is 3.91. The Bertz CT molecular complexity index is 1250. The molecule has 6 nitrogen and oxygen atoms in total. The molecule has 0 fully saturated rings. The minimum atomic E-state index is -0.387. The Morgan fingerprint density at radius 3 is 2.40 bits per heavy atom. The molecule has 2 N–H and O–H groups in total. The summed E-state index contributed by atoms with van der Waals surface area (Å²) in [5.41, 5.74) is 4.32. The lowest BCUT2D eigenvalue weighted by molar-refractivity contribution is 0.0971. The number of H-pyrrole nitrogens is 1. The molecule has 1 aromatic heterocycles. The van der Waals surface area contributed by atoms with Crippen molar-refractivity contribution in [3.63, 3.8) is 0 Å². The van der Waals surface area contributed by atoms with E-state index < -0.39 is 0 Å². The van der Waals surface area contributed by atoms with Gasteiger partial charge in [-0.25, -0.2) is 0 Å². The van der Waals surface area contributed by atoms with Crippen LogP contribution in [0.2, 0.25) is 0 Å². The van der Waals surface area contributed by atoms with E-state index in [1.165, 1.54) is 0 Å². The second-order valence-electron chi connectivity index (χ2n) is 7.34. The lowest BCUT2D eigenvalue weighted by Gasteiger charge is -2.30. The number of carbonyl (C=O) groups is 2. The molecule has 2 heterocycles. The summed E-state index contributed by atoms with van der Waals surface area (Å²) in [5, 5.41) is 10.4. The maximum Gasteiger partial charge on any atom is 0.210 e. The van der Waals surface area contributed by atoms with Gasteiger partial charge in [-0.15, -0.1) is 0 Å². The molecule has 30 heavy (non-hydrogen) atoms. The van der Waals surface area contributed by atoms with E-state index in [2.05, 4.69) is 15.5 Å². The predicted molar refractivity (Wildman–Crippen MR) is 114 cm³/mol. The number of hydrogen-bond acceptors (Lipinski definition) is 5. The van der Waals surface area contributed by atoms with Gasteiger partial charge in [-0.1, -0.05) is 48.6 Å². The van der Waals surface area contributed by atoms with Crippen LogP contribution in [0, 0.1) is 6.92 Å². The SMILES string of the molecule is COc1ccc(/C=C/C2C3=C(Nc4n[nH]c(C)c42)C(=O)c2ccccc2C3=O)cc1. The molecule has 0 saturated carbocycles. The van der Waals surface area contributed by atoms with Gasteiger partial charge in [0, 0.05) is 33.9 Å². The van der Waals surface area contributed by atoms with Gasteiger partial charge in [0.1, 0.15) is 5.75 Å². The first-order chi connectivity index (χ1) is 14.6. The Balaban J connectivity index is 1.63. The fourth-order valence-corrected chi connectivity index (χ4v) is 4.11. The molecule has 1 unspecified atom stereocenters. The first kappa shape index (κ1) is 18.1. The highest BCUT2D eigenvalue weighted by Crippen LogP contribution is 2.43. The average Bonchev–Trinajstić information content (AvgIpc) is 3.16. The van der Waals surface area contributed by atoms with Crippen LogP contribution >= 0.6 is 0 Å². The lowest BCUT2D eigenvalue weighted by atomic mass is 9.76. The Hall–Kier alpha value is -3.93. The van der Waals surface area contributed by atoms with E-state index in [9.17, 15) is 9.59 Å². The Morgan fingerprint density at radius 2 is 1.70 bits per heavy atom. The lowest BCUT2D eigenvalue weighted by Crippen LogP contribution is -2.31. The maximum absolute atomic E-state index is 13.4. The molecule has 2 aliphatic rings. The van der Waals surface area contributed by atoms with Crippen molar-refractivity contribution in [3.8, 4) is 5.75 Å². The van der Waals surface area contributed by atoms with Crippen LogP contribution in [0.15, 0.2) is 65.9 Å². The maximum atomic E-state index is 13.4. The van der Waals surface area contributed by atoms with Gasteiger partial charge >= 0.3 is 0 Å². The third kappa shape index (κ3) is 2.69. The Kier molecular flexibility index (Phi) is 4.13. The van der Waals surface area contributed by atoms with Crippen LogP contribution in [0.1, 0.15) is 43.5 Å². The fraction of sp³-hybridized carbons (Fsp3) is 0.125. The van der Waals surface area contributed by atoms with Crippen LogP contribution in [-0.4, -0.2) is 28.9 Å². The van der Waals surface area contributed by atoms with E-state index in [0.29, 0.717) is 28.2 Å². The monoisotopic (exact) mass is 397 g/mol. The molecule has 2 aromatic carbocycles. The second-order valence-corrected chi connectivity index (χ2v) is 7.34. The van der Waals surface area contributed by atoms with Crippen LogP contribution < -0.4 is 10.1 Å². The van der Waals surface area contributed by atoms with Crippen LogP contribution in [-0.2, 0) is 0 Å². The number of hydrogen-bond donors (Lipinski definition) is 2. The molecule has 0 saturated heterocycles. The van der Waals surface area contributed by atoms with Gasteiger partial charge in [0.15, 0.2) is 11.6 Å². The summed E-state index contributed by atoms with van der Waals surface area (Å²) in [6, 6.07) is 14.6. The van der Waals surface area contributed by atoms with Crippen LogP contribution in [0.5, 0.6) is 5.75 Å². The number of anilines is 1. The van der Waals surface area contributed by atoms with E-state index in [-0.39, 0.29) is 17.5 Å². The molecule has 0 spiro atoms. The van der Waals surface area contributed by atoms with E-state index in [4.69, 9.17) is 4.74 Å². The number of carbonyl (C=O) groups excluding carboxylic acids is 2. The second kappa shape index (κ2) is 6.84. The summed E-state index contributed by atoms with van der Waals surface area (Å²) in [5.74, 6) is 0.646. The Morgan fingerprint density at radius 1 is 1.00 bits per heavy atom. The van der Waals surface area contributed by atoms with Crippen molar-refractivity contribution in [1.82, 2.24) is 10.2 Å². The third-order valence-electron chi connectivity index (χ3n) is 5.61. The quantitative estimate of drug-likeness (QED) is 0.689. The molecular weight excluding hydrogens is 378 g/mol. The van der Waals surface area contributed by atoms with Gasteiger partial charge < -0.3 is 10.1 Å². The van der Waals surface area contributed by atoms with Crippen molar-refractivity contribution in [2.24, 2.45) is 0 Å². The van der Waals surface area contributed by atoms with Crippen molar-refractivity contribution in [3.05, 3.63) is 93.8 Å². The number of methoxy groups -OCH3 is 1. The highest BCUT2D eigenvalue weighted by Gasteiger charge is 2.41. The number of Topliss-reactive ketones (excluding diaryl/α,β-unsaturated/α-hetero) is 2. The van der Waals surface area contributed by atoms with Crippen LogP contribution in [0.25, 0.3) is 6.08 Å². The molecule has 1 atom stereocenters. The zero-order valence-electron chi connectivity index (χ0n) is 16.5. The molecule has 0 radical (unpaired) electrons. The number of nitrogens with zero attached hydrogens (tertiary/aromatic N) is 1. The molecule has 0 amide bonds. The number of ketones is 2. The van der Waals surface area contributed by atoms with E-state index in [0.717, 1.165) is 22.6 Å². The largest absolute Gasteiger partial charge is 0.497 e. The molecule has 1 aliphatic heterocycles. The smallest absolute Gasteiger partial charge is 0.210 e. The fourth-order valence-electron chi connectivity index (χ4n) is 4.11. The molecule has 148 valence electrons. The Labute approximate surface area is 173 Å². The highest BCUT2D eigenvalue weighted by molar-refractivity contribution is 6.29. The van der Waals surface area contributed by atoms with Crippen molar-refractivity contribution >= 4 is 23.5 Å². The third-order valence-corrected chi connectivity index (χ3v) is 5.61. The molecular formula is C24H19N3O3. The number of aryl methyl sites for hydroxylation is 1. The highest BCUT2D eigenvalue weighted by atomic mass is 16.5. The van der Waals surface area contributed by atoms with E-state index in [1.54, 1.807) is 31.4 Å². The number of aromatic nitrogens is 2. The van der Waals surface area contributed by atoms with Crippen LogP contribution in [0.4, 0.5) is 5.82 Å². The summed E-state index contributed by atoms with van der Waals surface area (Å²) >= 11 is 0. The van der Waals surface area contributed by atoms with E-state index in [1.807, 2.05) is 43.3 Å². The number of aromatic amines is 1. The topological polar surface area (TPSA) is 84.1 Å². The van der Waals surface area contributed by atoms with Gasteiger partial charge in [0.25, 0.3) is 0 Å². The number of allylic oxidation sites excluding steroid dienone is 3. The van der Waals surface area contributed by atoms with Gasteiger partial charge in [-0.2, -0.15) is 5.10 Å². The van der Waals surface area contributed by atoms with Gasteiger partial charge in [-0.05, 0) is 24.6 Å². The first-order valence-corrected chi connectivity index (χ1v) is 9.65. The first-order valence-electron chi connectivity index (χ1n) is 9.65. The number of benzene rings is 2. The van der Waals surface area contributed by atoms with Crippen molar-refractivity contribution < 1.29 is 14.3 Å². The standard InChI is InChI=1S/C24H19N3O3/c1-13-19-18(12-9-14-7-10-15(30-2)11-8-14)20-21(25-24(19)27-26-13)23(29)17-6-4-3-5-16(17)22(20)28/h3-12,18H,1-2H3,(H2,25,26,27)/b12-9+. The van der Waals surface area contributed by atoms with Crippen molar-refractivity contribution in [1.29, 1.82) is 0 Å². The van der Waals surface area contributed by atoms with Crippen molar-refractivity contribution in [2.75, 3.05) is 12.4 Å². The van der Waals surface area contributed by atoms with E-state index >= 15 is 0 Å². The molecule has 6 heteroatoms. The van der Waals surface area contributed by atoms with Crippen molar-refractivity contribution in [2.45, 2.75) is 12.8 Å². The molecule has 1 aliphatic carbocycles. The molecule has 0 bridgehead atoms. The van der Waals surface area contributed by atoms with Crippen LogP contribution in [0.3, 0.4) is 0 Å². The summed E-state index contributed by atoms with van der Waals surface area (Å²) < 4.78 is 5.21. The van der Waals surface area contributed by atoms with Gasteiger partial charge in [0.05, 0.1) is 12.8 Å². The number of nitrogens with one attached hydrogen (secondary N) is 2. The van der Waals surface area contributed by atoms with Gasteiger partial charge in [0.2, 0.25) is 5.78 Å². The number of ether oxygens (including phenoxy) is 1. The zero-order valence-corrected chi connectivity index (χ0v) is 16.5. The normalized spacial score (nSPS) is 17.5. The average molecular weight is 397 g/mol. The van der Waals surface area contributed by atoms with Gasteiger partial charge in [-0.3, -0.25) is 14.7 Å². The number of fused-ring (bicyclic) bond motifs is 2. The minimum absolute atomic E-state index is 0.136. The molecule has 5 rings (SSSR count). The molecule has 3 aromatic rings. The zero-order chi connectivity index (χ0) is 20.8. The minimum Gasteiger partial charge on any atom is -0.497 e. The summed E-state index contributed by atoms with van der Waals surface area (Å²) in [4.78, 5) is 26.6. The summed E-state index contributed by atoms with van der Waals surface area (Å²) in [6.45, 7) is 1.91. The summed E-state index contributed by atoms with van der Waals surface area (Å²) in [7, 11) is 1.63. The predicted octanol–water partition coefficient (Wildman–Crippen LogP) is 4.28. The number of rotatable bonds is 3.